The van der Waals surface area contributed by atoms with E-state index in [2.05, 4.69) is 0 Å². The number of hydrogen-bond acceptors (Lipinski definition) is 2. The highest BCUT2D eigenvalue weighted by atomic mass is 35.5. The van der Waals surface area contributed by atoms with E-state index in [0.717, 1.165) is 0 Å². The summed E-state index contributed by atoms with van der Waals surface area (Å²) in [7, 11) is 0. The zero-order valence-electron chi connectivity index (χ0n) is 9.73. The van der Waals surface area contributed by atoms with Crippen molar-refractivity contribution in [1.29, 1.82) is 0 Å². The van der Waals surface area contributed by atoms with Gasteiger partial charge in [0.1, 0.15) is 5.82 Å². The molecule has 0 aliphatic carbocycles. The Hall–Kier alpha value is -0.850. The van der Waals surface area contributed by atoms with Crippen molar-refractivity contribution in [2.45, 2.75) is 24.6 Å². The third-order valence-corrected chi connectivity index (χ3v) is 3.45. The van der Waals surface area contributed by atoms with Crippen molar-refractivity contribution in [3.05, 3.63) is 34.1 Å². The van der Waals surface area contributed by atoms with Crippen molar-refractivity contribution in [2.75, 3.05) is 13.2 Å². The SMILES string of the molecule is OC1(c2cc(C(F)(F)F)cc(Cl)c2F)CCOCC1. The van der Waals surface area contributed by atoms with Gasteiger partial charge >= 0.3 is 6.18 Å². The average Bonchev–Trinajstić information content (AvgIpc) is 2.31. The molecule has 0 atom stereocenters. The molecular weight excluding hydrogens is 288 g/mol. The summed E-state index contributed by atoms with van der Waals surface area (Å²) in [6, 6.07) is 1.13. The Bertz CT molecular complexity index is 481. The highest BCUT2D eigenvalue weighted by Crippen LogP contribution is 2.40. The first-order valence-corrected chi connectivity index (χ1v) is 5.99. The van der Waals surface area contributed by atoms with E-state index in [9.17, 15) is 22.7 Å². The van der Waals surface area contributed by atoms with Crippen LogP contribution in [-0.4, -0.2) is 18.3 Å². The number of alkyl halides is 3. The molecule has 0 saturated carbocycles. The van der Waals surface area contributed by atoms with Crippen LogP contribution in [0, 0.1) is 5.82 Å². The molecule has 0 unspecified atom stereocenters. The number of halogens is 5. The van der Waals surface area contributed by atoms with Gasteiger partial charge in [0.15, 0.2) is 0 Å². The fourth-order valence-electron chi connectivity index (χ4n) is 2.07. The van der Waals surface area contributed by atoms with Crippen molar-refractivity contribution >= 4 is 11.6 Å². The standard InChI is InChI=1S/C12H11ClF4O2/c13-9-6-7(12(15,16)17)5-8(10(9)14)11(18)1-3-19-4-2-11/h5-6,18H,1-4H2. The predicted molar refractivity (Wildman–Crippen MR) is 60.4 cm³/mol. The molecule has 1 fully saturated rings. The second-order valence-corrected chi connectivity index (χ2v) is 4.87. The first kappa shape index (κ1) is 14.6. The van der Waals surface area contributed by atoms with Crippen molar-refractivity contribution < 1.29 is 27.4 Å². The van der Waals surface area contributed by atoms with Gasteiger partial charge in [-0.25, -0.2) is 4.39 Å². The molecule has 1 saturated heterocycles. The quantitative estimate of drug-likeness (QED) is 0.804. The number of aliphatic hydroxyl groups is 1. The van der Waals surface area contributed by atoms with Crippen LogP contribution in [0.5, 0.6) is 0 Å². The lowest BCUT2D eigenvalue weighted by Gasteiger charge is -2.33. The molecule has 1 aromatic rings. The van der Waals surface area contributed by atoms with Crippen molar-refractivity contribution in [3.8, 4) is 0 Å². The van der Waals surface area contributed by atoms with Gasteiger partial charge in [-0.2, -0.15) is 13.2 Å². The van der Waals surface area contributed by atoms with Gasteiger partial charge in [-0.3, -0.25) is 0 Å². The fraction of sp³-hybridized carbons (Fsp3) is 0.500. The van der Waals surface area contributed by atoms with E-state index in [1.54, 1.807) is 0 Å². The number of rotatable bonds is 1. The molecule has 1 aromatic carbocycles. The third kappa shape index (κ3) is 2.85. The Morgan fingerprint density at radius 2 is 1.79 bits per heavy atom. The topological polar surface area (TPSA) is 29.5 Å². The molecule has 0 radical (unpaired) electrons. The Morgan fingerprint density at radius 1 is 1.21 bits per heavy atom. The number of benzene rings is 1. The molecule has 1 heterocycles. The molecule has 0 spiro atoms. The molecule has 2 nitrogen and oxygen atoms in total. The Labute approximate surface area is 111 Å². The van der Waals surface area contributed by atoms with Crippen molar-refractivity contribution in [2.24, 2.45) is 0 Å². The molecule has 1 aliphatic heterocycles. The lowest BCUT2D eigenvalue weighted by atomic mass is 9.85. The molecule has 0 aromatic heterocycles. The van der Waals surface area contributed by atoms with Crippen molar-refractivity contribution in [3.63, 3.8) is 0 Å². The van der Waals surface area contributed by atoms with Crippen LogP contribution in [0.2, 0.25) is 5.02 Å². The average molecular weight is 299 g/mol. The van der Waals surface area contributed by atoms with Gasteiger partial charge in [0.25, 0.3) is 0 Å². The zero-order valence-corrected chi connectivity index (χ0v) is 10.5. The summed E-state index contributed by atoms with van der Waals surface area (Å²) in [5.74, 6) is -1.01. The summed E-state index contributed by atoms with van der Waals surface area (Å²) in [5.41, 5.74) is -3.17. The second-order valence-electron chi connectivity index (χ2n) is 4.46. The lowest BCUT2D eigenvalue weighted by Crippen LogP contribution is -2.34. The maximum Gasteiger partial charge on any atom is 0.416 e. The Balaban J connectivity index is 2.52. The van der Waals surface area contributed by atoms with E-state index in [-0.39, 0.29) is 26.1 Å². The van der Waals surface area contributed by atoms with Crippen LogP contribution in [0.15, 0.2) is 12.1 Å². The van der Waals surface area contributed by atoms with E-state index in [4.69, 9.17) is 16.3 Å². The molecule has 106 valence electrons. The lowest BCUT2D eigenvalue weighted by molar-refractivity contribution is -0.138. The summed E-state index contributed by atoms with van der Waals surface area (Å²) in [6.45, 7) is 0.313. The van der Waals surface area contributed by atoms with Gasteiger partial charge in [0.2, 0.25) is 0 Å². The number of ether oxygens (including phenoxy) is 1. The summed E-state index contributed by atoms with van der Waals surface area (Å²) in [4.78, 5) is 0. The van der Waals surface area contributed by atoms with Gasteiger partial charge < -0.3 is 9.84 Å². The van der Waals surface area contributed by atoms with Crippen LogP contribution in [0.1, 0.15) is 24.0 Å². The van der Waals surface area contributed by atoms with Crippen molar-refractivity contribution in [1.82, 2.24) is 0 Å². The summed E-state index contributed by atoms with van der Waals surface area (Å²) in [5, 5.41) is 9.64. The van der Waals surface area contributed by atoms with Gasteiger partial charge in [0.05, 0.1) is 16.2 Å². The largest absolute Gasteiger partial charge is 0.416 e. The summed E-state index contributed by atoms with van der Waals surface area (Å²) < 4.78 is 57.0. The van der Waals surface area contributed by atoms with Gasteiger partial charge in [-0.05, 0) is 12.1 Å². The normalized spacial score (nSPS) is 19.5. The highest BCUT2D eigenvalue weighted by Gasteiger charge is 2.39. The van der Waals surface area contributed by atoms with Gasteiger partial charge in [-0.15, -0.1) is 0 Å². The predicted octanol–water partition coefficient (Wildman–Crippen LogP) is 3.50. The highest BCUT2D eigenvalue weighted by molar-refractivity contribution is 6.30. The zero-order chi connectivity index (χ0) is 14.3. The molecular formula is C12H11ClF4O2. The molecule has 1 aliphatic rings. The molecule has 2 rings (SSSR count). The molecule has 0 bridgehead atoms. The summed E-state index contributed by atoms with van der Waals surface area (Å²) in [6.07, 6.45) is -4.59. The van der Waals surface area contributed by atoms with E-state index >= 15 is 0 Å². The van der Waals surface area contributed by atoms with Crippen LogP contribution >= 0.6 is 11.6 Å². The monoisotopic (exact) mass is 298 g/mol. The third-order valence-electron chi connectivity index (χ3n) is 3.18. The van der Waals surface area contributed by atoms with Crippen LogP contribution < -0.4 is 0 Å². The van der Waals surface area contributed by atoms with E-state index in [1.807, 2.05) is 0 Å². The van der Waals surface area contributed by atoms with Crippen LogP contribution in [-0.2, 0) is 16.5 Å². The van der Waals surface area contributed by atoms with E-state index in [0.29, 0.717) is 12.1 Å². The Kier molecular flexibility index (Phi) is 3.77. The van der Waals surface area contributed by atoms with Crippen LogP contribution in [0.25, 0.3) is 0 Å². The molecule has 0 amide bonds. The smallest absolute Gasteiger partial charge is 0.385 e. The number of hydrogen-bond donors (Lipinski definition) is 1. The van der Waals surface area contributed by atoms with Crippen LogP contribution in [0.3, 0.4) is 0 Å². The first-order valence-electron chi connectivity index (χ1n) is 5.61. The minimum absolute atomic E-state index is 0.0293. The Morgan fingerprint density at radius 3 is 2.32 bits per heavy atom. The van der Waals surface area contributed by atoms with E-state index < -0.39 is 33.7 Å². The van der Waals surface area contributed by atoms with E-state index in [1.165, 1.54) is 0 Å². The maximum absolute atomic E-state index is 13.9. The van der Waals surface area contributed by atoms with Crippen LogP contribution in [0.4, 0.5) is 17.6 Å². The molecule has 1 N–H and O–H groups in total. The second kappa shape index (κ2) is 4.92. The minimum Gasteiger partial charge on any atom is -0.385 e. The van der Waals surface area contributed by atoms with Gasteiger partial charge in [0, 0.05) is 31.6 Å². The fourth-order valence-corrected chi connectivity index (χ4v) is 2.29. The molecule has 7 heteroatoms. The molecule has 19 heavy (non-hydrogen) atoms. The maximum atomic E-state index is 13.9. The van der Waals surface area contributed by atoms with Gasteiger partial charge in [-0.1, -0.05) is 11.6 Å². The first-order chi connectivity index (χ1) is 8.74. The summed E-state index contributed by atoms with van der Waals surface area (Å²) >= 11 is 5.49. The minimum atomic E-state index is -4.65.